The maximum absolute atomic E-state index is 13.2. The van der Waals surface area contributed by atoms with Crippen molar-refractivity contribution in [1.29, 1.82) is 0 Å². The van der Waals surface area contributed by atoms with Gasteiger partial charge in [0.25, 0.3) is 11.8 Å². The molecule has 0 unspecified atom stereocenters. The average Bonchev–Trinajstić information content (AvgIpc) is 3.43. The van der Waals surface area contributed by atoms with E-state index in [2.05, 4.69) is 31.2 Å². The number of ether oxygens (including phenoxy) is 1. The van der Waals surface area contributed by atoms with Crippen LogP contribution in [0.4, 0.5) is 5.69 Å². The van der Waals surface area contributed by atoms with Crippen molar-refractivity contribution in [2.24, 2.45) is 0 Å². The van der Waals surface area contributed by atoms with Gasteiger partial charge in [0.15, 0.2) is 0 Å². The molecule has 0 aliphatic heterocycles. The highest BCUT2D eigenvalue weighted by molar-refractivity contribution is 6.03. The topological polar surface area (TPSA) is 82.2 Å². The predicted octanol–water partition coefficient (Wildman–Crippen LogP) is 6.50. The first kappa shape index (κ1) is 23.3. The van der Waals surface area contributed by atoms with Gasteiger partial charge in [-0.25, -0.2) is 4.68 Å². The van der Waals surface area contributed by atoms with Gasteiger partial charge in [-0.1, -0.05) is 59.7 Å². The van der Waals surface area contributed by atoms with Crippen molar-refractivity contribution in [2.75, 3.05) is 5.32 Å². The number of nitrogens with zero attached hydrogens (tertiary/aromatic N) is 3. The van der Waals surface area contributed by atoms with Crippen LogP contribution in [0.15, 0.2) is 71.3 Å². The summed E-state index contributed by atoms with van der Waals surface area (Å²) >= 11 is 0. The Labute approximate surface area is 199 Å². The molecule has 0 bridgehead atoms. The molecule has 0 radical (unpaired) electrons. The molecule has 2 aromatic carbocycles. The lowest BCUT2D eigenvalue weighted by molar-refractivity contribution is 0.101. The van der Waals surface area contributed by atoms with E-state index >= 15 is 0 Å². The zero-order valence-corrected chi connectivity index (χ0v) is 20.4. The molecule has 0 aliphatic rings. The Morgan fingerprint density at radius 2 is 1.59 bits per heavy atom. The number of hydrogen-bond acceptors (Lipinski definition) is 5. The van der Waals surface area contributed by atoms with Crippen LogP contribution in [0.1, 0.15) is 63.5 Å². The number of carbonyl (C=O) groups excluding carboxylic acids is 1. The molecular weight excluding hydrogens is 428 g/mol. The third-order valence-corrected chi connectivity index (χ3v) is 5.27. The van der Waals surface area contributed by atoms with E-state index in [-0.39, 0.29) is 16.7 Å². The fourth-order valence-electron chi connectivity index (χ4n) is 3.26. The third kappa shape index (κ3) is 5.20. The number of nitrogens with one attached hydrogen (secondary N) is 1. The maximum atomic E-state index is 13.2. The summed E-state index contributed by atoms with van der Waals surface area (Å²) in [6.07, 6.45) is 0. The van der Waals surface area contributed by atoms with Gasteiger partial charge < -0.3 is 14.6 Å². The van der Waals surface area contributed by atoms with E-state index in [1.165, 1.54) is 0 Å². The van der Waals surface area contributed by atoms with Gasteiger partial charge in [0.1, 0.15) is 17.2 Å². The average molecular weight is 459 g/mol. The first-order chi connectivity index (χ1) is 16.0. The van der Waals surface area contributed by atoms with Crippen LogP contribution in [0.3, 0.4) is 0 Å². The van der Waals surface area contributed by atoms with Gasteiger partial charge in [0.05, 0.1) is 11.4 Å². The SMILES string of the molecule is CC(C)(C)c1cc(C(=O)Nc2ccc(Oc3cc(C(C)(C)C)on3)cc2)n(-c2ccccc2)n1. The lowest BCUT2D eigenvalue weighted by atomic mass is 9.92. The second kappa shape index (κ2) is 8.82. The molecule has 176 valence electrons. The van der Waals surface area contributed by atoms with Crippen molar-refractivity contribution in [2.45, 2.75) is 52.4 Å². The standard InChI is InChI=1S/C27H30N4O3/c1-26(2,3)22-16-21(31(29-22)19-10-8-7-9-11-19)25(32)28-18-12-14-20(15-13-18)33-24-17-23(34-30-24)27(4,5)6/h7-17H,1-6H3,(H,28,32). The molecule has 0 spiro atoms. The van der Waals surface area contributed by atoms with E-state index in [0.29, 0.717) is 23.0 Å². The predicted molar refractivity (Wildman–Crippen MR) is 132 cm³/mol. The molecule has 0 saturated carbocycles. The Balaban J connectivity index is 1.52. The maximum Gasteiger partial charge on any atom is 0.274 e. The summed E-state index contributed by atoms with van der Waals surface area (Å²) in [5, 5.41) is 11.6. The Morgan fingerprint density at radius 3 is 2.18 bits per heavy atom. The van der Waals surface area contributed by atoms with Crippen LogP contribution in [0, 0.1) is 0 Å². The van der Waals surface area contributed by atoms with Gasteiger partial charge in [-0.2, -0.15) is 5.10 Å². The van der Waals surface area contributed by atoms with Crippen molar-refractivity contribution >= 4 is 11.6 Å². The first-order valence-corrected chi connectivity index (χ1v) is 11.2. The lowest BCUT2D eigenvalue weighted by Crippen LogP contribution is -2.17. The molecule has 1 amide bonds. The molecule has 0 atom stereocenters. The van der Waals surface area contributed by atoms with Crippen molar-refractivity contribution in [3.8, 4) is 17.3 Å². The molecule has 0 aliphatic carbocycles. The van der Waals surface area contributed by atoms with Gasteiger partial charge in [-0.15, -0.1) is 0 Å². The Morgan fingerprint density at radius 1 is 0.912 bits per heavy atom. The summed E-state index contributed by atoms with van der Waals surface area (Å²) in [6.45, 7) is 12.4. The largest absolute Gasteiger partial charge is 0.436 e. The summed E-state index contributed by atoms with van der Waals surface area (Å²) < 4.78 is 12.8. The molecule has 2 heterocycles. The molecule has 7 heteroatoms. The summed E-state index contributed by atoms with van der Waals surface area (Å²) in [7, 11) is 0. The molecule has 4 rings (SSSR count). The highest BCUT2D eigenvalue weighted by Crippen LogP contribution is 2.29. The minimum Gasteiger partial charge on any atom is -0.436 e. The van der Waals surface area contributed by atoms with E-state index in [1.807, 2.05) is 57.2 Å². The number of para-hydroxylation sites is 1. The zero-order chi connectivity index (χ0) is 24.5. The van der Waals surface area contributed by atoms with Gasteiger partial charge in [-0.3, -0.25) is 4.79 Å². The third-order valence-electron chi connectivity index (χ3n) is 5.27. The smallest absolute Gasteiger partial charge is 0.274 e. The van der Waals surface area contributed by atoms with Gasteiger partial charge in [0.2, 0.25) is 0 Å². The van der Waals surface area contributed by atoms with Crippen LogP contribution < -0.4 is 10.1 Å². The van der Waals surface area contributed by atoms with Crippen LogP contribution in [0.2, 0.25) is 0 Å². The molecule has 4 aromatic rings. The lowest BCUT2D eigenvalue weighted by Gasteiger charge is -2.14. The van der Waals surface area contributed by atoms with E-state index in [1.54, 1.807) is 35.0 Å². The summed E-state index contributed by atoms with van der Waals surface area (Å²) in [5.41, 5.74) is 2.44. The number of benzene rings is 2. The van der Waals surface area contributed by atoms with E-state index in [4.69, 9.17) is 14.4 Å². The van der Waals surface area contributed by atoms with Crippen molar-refractivity contribution in [3.05, 3.63) is 83.9 Å². The van der Waals surface area contributed by atoms with Crippen LogP contribution in [0.5, 0.6) is 11.6 Å². The van der Waals surface area contributed by atoms with Crippen molar-refractivity contribution in [3.63, 3.8) is 0 Å². The van der Waals surface area contributed by atoms with Gasteiger partial charge >= 0.3 is 0 Å². The minimum atomic E-state index is -0.244. The Hall–Kier alpha value is -3.87. The number of hydrogen-bond donors (Lipinski definition) is 1. The van der Waals surface area contributed by atoms with Crippen LogP contribution in [-0.2, 0) is 10.8 Å². The van der Waals surface area contributed by atoms with E-state index < -0.39 is 0 Å². The summed E-state index contributed by atoms with van der Waals surface area (Å²) in [5.74, 6) is 1.49. The summed E-state index contributed by atoms with van der Waals surface area (Å²) in [6, 6.07) is 20.4. The van der Waals surface area contributed by atoms with E-state index in [9.17, 15) is 4.79 Å². The van der Waals surface area contributed by atoms with E-state index in [0.717, 1.165) is 17.1 Å². The molecular formula is C27H30N4O3. The Bertz CT molecular complexity index is 1270. The second-order valence-electron chi connectivity index (χ2n) is 10.3. The summed E-state index contributed by atoms with van der Waals surface area (Å²) in [4.78, 5) is 13.2. The minimum absolute atomic E-state index is 0.151. The Kier molecular flexibility index (Phi) is 6.04. The highest BCUT2D eigenvalue weighted by atomic mass is 16.5. The fraction of sp³-hybridized carbons (Fsp3) is 0.296. The van der Waals surface area contributed by atoms with Crippen LogP contribution >= 0.6 is 0 Å². The molecule has 7 nitrogen and oxygen atoms in total. The van der Waals surface area contributed by atoms with Gasteiger partial charge in [0, 0.05) is 22.6 Å². The fourth-order valence-corrected chi connectivity index (χ4v) is 3.26. The molecule has 1 N–H and O–H groups in total. The van der Waals surface area contributed by atoms with Crippen molar-refractivity contribution in [1.82, 2.24) is 14.9 Å². The normalized spacial score (nSPS) is 11.9. The number of carbonyl (C=O) groups is 1. The second-order valence-corrected chi connectivity index (χ2v) is 10.3. The molecule has 2 aromatic heterocycles. The van der Waals surface area contributed by atoms with Crippen LogP contribution in [-0.4, -0.2) is 20.8 Å². The quantitative estimate of drug-likeness (QED) is 0.369. The molecule has 0 saturated heterocycles. The number of aromatic nitrogens is 3. The van der Waals surface area contributed by atoms with Crippen molar-refractivity contribution < 1.29 is 14.1 Å². The zero-order valence-electron chi connectivity index (χ0n) is 20.4. The monoisotopic (exact) mass is 458 g/mol. The number of rotatable bonds is 5. The number of anilines is 1. The highest BCUT2D eigenvalue weighted by Gasteiger charge is 2.24. The van der Waals surface area contributed by atoms with Gasteiger partial charge in [-0.05, 0) is 47.6 Å². The molecule has 0 fully saturated rings. The van der Waals surface area contributed by atoms with Crippen LogP contribution in [0.25, 0.3) is 5.69 Å². The first-order valence-electron chi connectivity index (χ1n) is 11.2. The number of amides is 1. The molecule has 34 heavy (non-hydrogen) atoms.